The molecule has 38 heavy (non-hydrogen) atoms. The van der Waals surface area contributed by atoms with Crippen LogP contribution in [0.15, 0.2) is 17.1 Å². The van der Waals surface area contributed by atoms with E-state index < -0.39 is 12.3 Å². The SMILES string of the molecule is CC(C)[C@H](CO)N=Cc1cc(C(C)(C)C)cc(C(C)(C)C)c1O.CCCCCCC(C#N)OC(=O)OCC. The number of aliphatic hydroxyl groups is 1. The van der Waals surface area contributed by atoms with Crippen molar-refractivity contribution in [1.29, 1.82) is 5.26 Å². The van der Waals surface area contributed by atoms with Crippen LogP contribution < -0.4 is 0 Å². The van der Waals surface area contributed by atoms with Crippen molar-refractivity contribution in [2.75, 3.05) is 13.2 Å². The van der Waals surface area contributed by atoms with Crippen LogP contribution in [0, 0.1) is 17.2 Å². The van der Waals surface area contributed by atoms with Gasteiger partial charge in [-0.05, 0) is 48.1 Å². The second-order valence-electron chi connectivity index (χ2n) is 12.0. The number of nitrogens with zero attached hydrogens (tertiary/aromatic N) is 2. The Morgan fingerprint density at radius 3 is 2.16 bits per heavy atom. The summed E-state index contributed by atoms with van der Waals surface area (Å²) in [6.45, 7) is 21.0. The molecule has 7 nitrogen and oxygen atoms in total. The van der Waals surface area contributed by atoms with Crippen LogP contribution in [0.3, 0.4) is 0 Å². The highest BCUT2D eigenvalue weighted by molar-refractivity contribution is 5.85. The summed E-state index contributed by atoms with van der Waals surface area (Å²) in [6.07, 6.45) is 5.16. The van der Waals surface area contributed by atoms with E-state index >= 15 is 0 Å². The number of benzene rings is 1. The zero-order valence-corrected chi connectivity index (χ0v) is 25.4. The summed E-state index contributed by atoms with van der Waals surface area (Å²) < 4.78 is 9.39. The third-order valence-corrected chi connectivity index (χ3v) is 6.14. The lowest BCUT2D eigenvalue weighted by Gasteiger charge is -2.27. The van der Waals surface area contributed by atoms with Crippen molar-refractivity contribution in [2.24, 2.45) is 10.9 Å². The topological polar surface area (TPSA) is 112 Å². The molecule has 0 heterocycles. The van der Waals surface area contributed by atoms with E-state index in [1.807, 2.05) is 26.0 Å². The third kappa shape index (κ3) is 13.3. The van der Waals surface area contributed by atoms with Crippen LogP contribution in [-0.2, 0) is 20.3 Å². The van der Waals surface area contributed by atoms with Gasteiger partial charge in [-0.25, -0.2) is 4.79 Å². The van der Waals surface area contributed by atoms with Gasteiger partial charge in [0.2, 0.25) is 0 Å². The number of hydrogen-bond acceptors (Lipinski definition) is 7. The van der Waals surface area contributed by atoms with Crippen LogP contribution in [0.1, 0.15) is 118 Å². The quantitative estimate of drug-likeness (QED) is 0.174. The van der Waals surface area contributed by atoms with Gasteiger partial charge in [0.1, 0.15) is 11.8 Å². The largest absolute Gasteiger partial charge is 0.509 e. The monoisotopic (exact) mass is 532 g/mol. The fourth-order valence-electron chi connectivity index (χ4n) is 3.54. The van der Waals surface area contributed by atoms with Gasteiger partial charge in [-0.3, -0.25) is 4.99 Å². The Bertz CT molecular complexity index is 905. The van der Waals surface area contributed by atoms with E-state index in [-0.39, 0.29) is 41.8 Å². The average Bonchev–Trinajstić information content (AvgIpc) is 2.81. The summed E-state index contributed by atoms with van der Waals surface area (Å²) >= 11 is 0. The standard InChI is InChI=1S/C20H33NO2.C11H19NO3/c1-13(2)17(12-22)21-11-14-9-15(19(3,4)5)10-16(18(14)23)20(6,7)8;1-3-5-6-7-8-10(9-12)15-11(13)14-4-2/h9-11,13,17,22-23H,12H2,1-8H3;10H,3-8H2,1-2H3/t17-;/m0./s1. The lowest BCUT2D eigenvalue weighted by atomic mass is 9.79. The van der Waals surface area contributed by atoms with E-state index in [0.717, 1.165) is 36.8 Å². The Labute approximate surface area is 231 Å². The molecule has 0 aromatic heterocycles. The molecule has 1 aromatic carbocycles. The van der Waals surface area contributed by atoms with Crippen molar-refractivity contribution in [3.63, 3.8) is 0 Å². The Hall–Kier alpha value is -2.59. The van der Waals surface area contributed by atoms with Crippen LogP contribution in [0.25, 0.3) is 0 Å². The lowest BCUT2D eigenvalue weighted by Crippen LogP contribution is -2.19. The van der Waals surface area contributed by atoms with Crippen LogP contribution in [0.4, 0.5) is 4.79 Å². The second-order valence-corrected chi connectivity index (χ2v) is 12.0. The molecule has 0 aliphatic heterocycles. The molecule has 2 atom stereocenters. The van der Waals surface area contributed by atoms with E-state index in [0.29, 0.717) is 6.42 Å². The molecular formula is C31H52N2O5. The van der Waals surface area contributed by atoms with E-state index in [9.17, 15) is 15.0 Å². The van der Waals surface area contributed by atoms with Crippen molar-refractivity contribution in [3.8, 4) is 11.8 Å². The number of ether oxygens (including phenoxy) is 2. The fourth-order valence-corrected chi connectivity index (χ4v) is 3.54. The number of aromatic hydroxyl groups is 1. The number of hydrogen-bond donors (Lipinski definition) is 2. The van der Waals surface area contributed by atoms with Gasteiger partial charge in [0.15, 0.2) is 6.10 Å². The first-order chi connectivity index (χ1) is 17.6. The summed E-state index contributed by atoms with van der Waals surface area (Å²) in [7, 11) is 0. The first-order valence-electron chi connectivity index (χ1n) is 13.9. The number of phenolic OH excluding ortho intramolecular Hbond substituents is 1. The zero-order chi connectivity index (χ0) is 29.5. The minimum Gasteiger partial charge on any atom is -0.507 e. The summed E-state index contributed by atoms with van der Waals surface area (Å²) in [4.78, 5) is 15.4. The number of phenols is 1. The Balaban J connectivity index is 0.000000793. The molecule has 0 aliphatic rings. The number of unbranched alkanes of at least 4 members (excludes halogenated alkanes) is 3. The highest BCUT2D eigenvalue weighted by Gasteiger charge is 2.24. The van der Waals surface area contributed by atoms with Crippen molar-refractivity contribution < 1.29 is 24.5 Å². The van der Waals surface area contributed by atoms with Gasteiger partial charge in [0.05, 0.1) is 19.3 Å². The molecule has 0 amide bonds. The van der Waals surface area contributed by atoms with Crippen LogP contribution in [0.2, 0.25) is 0 Å². The molecule has 1 aromatic rings. The van der Waals surface area contributed by atoms with Crippen LogP contribution in [-0.4, -0.2) is 47.9 Å². The van der Waals surface area contributed by atoms with Crippen molar-refractivity contribution in [2.45, 2.75) is 124 Å². The average molecular weight is 533 g/mol. The van der Waals surface area contributed by atoms with Crippen molar-refractivity contribution in [1.82, 2.24) is 0 Å². The van der Waals surface area contributed by atoms with E-state index in [2.05, 4.69) is 64.3 Å². The van der Waals surface area contributed by atoms with Gasteiger partial charge < -0.3 is 19.7 Å². The van der Waals surface area contributed by atoms with Gasteiger partial charge in [-0.2, -0.15) is 5.26 Å². The molecule has 0 fully saturated rings. The van der Waals surface area contributed by atoms with E-state index in [1.54, 1.807) is 13.1 Å². The second kappa shape index (κ2) is 17.1. The van der Waals surface area contributed by atoms with E-state index in [1.165, 1.54) is 5.56 Å². The number of rotatable bonds is 11. The number of aliphatic imine (C=N–C) groups is 1. The maximum Gasteiger partial charge on any atom is 0.509 e. The van der Waals surface area contributed by atoms with Gasteiger partial charge in [-0.15, -0.1) is 0 Å². The molecule has 2 N–H and O–H groups in total. The molecule has 0 bridgehead atoms. The normalized spacial score (nSPS) is 13.4. The molecule has 0 saturated heterocycles. The lowest BCUT2D eigenvalue weighted by molar-refractivity contribution is 0.0396. The zero-order valence-electron chi connectivity index (χ0n) is 25.4. The predicted octanol–water partition coefficient (Wildman–Crippen LogP) is 7.45. The van der Waals surface area contributed by atoms with Crippen LogP contribution in [0.5, 0.6) is 5.75 Å². The van der Waals surface area contributed by atoms with Crippen molar-refractivity contribution in [3.05, 3.63) is 28.8 Å². The third-order valence-electron chi connectivity index (χ3n) is 6.14. The molecule has 7 heteroatoms. The van der Waals surface area contributed by atoms with Gasteiger partial charge in [0.25, 0.3) is 0 Å². The van der Waals surface area contributed by atoms with Crippen molar-refractivity contribution >= 4 is 12.4 Å². The molecule has 0 saturated carbocycles. The summed E-state index contributed by atoms with van der Waals surface area (Å²) in [5.41, 5.74) is 2.66. The summed E-state index contributed by atoms with van der Waals surface area (Å²) in [5, 5.41) is 28.8. The van der Waals surface area contributed by atoms with Gasteiger partial charge >= 0.3 is 6.16 Å². The molecule has 216 valence electrons. The number of aliphatic hydroxyl groups excluding tert-OH is 1. The van der Waals surface area contributed by atoms with Crippen LogP contribution >= 0.6 is 0 Å². The summed E-state index contributed by atoms with van der Waals surface area (Å²) in [5.74, 6) is 0.543. The molecular weight excluding hydrogens is 480 g/mol. The number of carbonyl (C=O) groups excluding carboxylic acids is 1. The van der Waals surface area contributed by atoms with Gasteiger partial charge in [0, 0.05) is 17.3 Å². The Kier molecular flexibility index (Phi) is 15.9. The van der Waals surface area contributed by atoms with E-state index in [4.69, 9.17) is 10.00 Å². The first-order valence-corrected chi connectivity index (χ1v) is 13.9. The molecule has 1 unspecified atom stereocenters. The highest BCUT2D eigenvalue weighted by Crippen LogP contribution is 2.37. The molecule has 0 aliphatic carbocycles. The van der Waals surface area contributed by atoms with Gasteiger partial charge in [-0.1, -0.05) is 87.6 Å². The Morgan fingerprint density at radius 1 is 1.08 bits per heavy atom. The molecule has 0 spiro atoms. The minimum absolute atomic E-state index is 0.00921. The summed E-state index contributed by atoms with van der Waals surface area (Å²) in [6, 6.07) is 5.90. The first kappa shape index (κ1) is 35.4. The highest BCUT2D eigenvalue weighted by atomic mass is 16.7. The maximum absolute atomic E-state index is 10.9. The Morgan fingerprint density at radius 2 is 1.71 bits per heavy atom. The maximum atomic E-state index is 10.9. The molecule has 0 radical (unpaired) electrons. The fraction of sp³-hybridized carbons (Fsp3) is 0.710. The number of nitriles is 1. The minimum atomic E-state index is -0.750. The predicted molar refractivity (Wildman–Crippen MR) is 155 cm³/mol. The molecule has 1 rings (SSSR count). The number of carbonyl (C=O) groups is 1. The smallest absolute Gasteiger partial charge is 0.507 e.